The number of rotatable bonds is 6. The molecular weight excluding hydrogens is 385 g/mol. The molecular formula is C24H20FNO4. The number of alkyl halides is 1. The van der Waals surface area contributed by atoms with Crippen LogP contribution in [0.15, 0.2) is 78.9 Å². The lowest BCUT2D eigenvalue weighted by Crippen LogP contribution is -2.49. The molecule has 0 saturated carbocycles. The van der Waals surface area contributed by atoms with E-state index < -0.39 is 23.5 Å². The fourth-order valence-corrected chi connectivity index (χ4v) is 3.72. The molecule has 0 saturated heterocycles. The summed E-state index contributed by atoms with van der Waals surface area (Å²) in [5.74, 6) is -1.49. The highest BCUT2D eigenvalue weighted by atomic mass is 19.1. The summed E-state index contributed by atoms with van der Waals surface area (Å²) in [4.78, 5) is 27.4. The molecule has 1 amide bonds. The van der Waals surface area contributed by atoms with E-state index in [0.717, 1.165) is 5.56 Å². The summed E-state index contributed by atoms with van der Waals surface area (Å²) in [6.07, 6.45) is -2.47. The second-order valence-corrected chi connectivity index (χ2v) is 7.12. The molecule has 0 spiro atoms. The first kappa shape index (κ1) is 19.8. The van der Waals surface area contributed by atoms with Crippen LogP contribution in [-0.4, -0.2) is 30.1 Å². The minimum Gasteiger partial charge on any atom is -0.497 e. The highest BCUT2D eigenvalue weighted by Crippen LogP contribution is 2.46. The summed E-state index contributed by atoms with van der Waals surface area (Å²) in [6.45, 7) is 0.132. The van der Waals surface area contributed by atoms with E-state index in [0.29, 0.717) is 11.4 Å². The van der Waals surface area contributed by atoms with Gasteiger partial charge in [0.05, 0.1) is 19.3 Å². The number of carbonyl (C=O) groups excluding carboxylic acids is 2. The molecule has 1 N–H and O–H groups in total. The second-order valence-electron chi connectivity index (χ2n) is 7.12. The van der Waals surface area contributed by atoms with Crippen molar-refractivity contribution in [3.8, 4) is 5.75 Å². The van der Waals surface area contributed by atoms with E-state index in [-0.39, 0.29) is 17.7 Å². The van der Waals surface area contributed by atoms with Crippen molar-refractivity contribution in [3.05, 3.63) is 95.6 Å². The van der Waals surface area contributed by atoms with Crippen molar-refractivity contribution < 1.29 is 23.8 Å². The molecule has 152 valence electrons. The number of aliphatic hydroxyl groups is 1. The van der Waals surface area contributed by atoms with Crippen LogP contribution in [-0.2, 0) is 16.9 Å². The van der Waals surface area contributed by atoms with Gasteiger partial charge < -0.3 is 14.7 Å². The summed E-state index contributed by atoms with van der Waals surface area (Å²) < 4.78 is 20.8. The number of nitrogens with zero attached hydrogens (tertiary/aromatic N) is 1. The molecule has 0 fully saturated rings. The number of fused-ring (bicyclic) bond motifs is 1. The lowest BCUT2D eigenvalue weighted by molar-refractivity contribution is -0.141. The van der Waals surface area contributed by atoms with E-state index in [1.165, 1.54) is 30.2 Å². The van der Waals surface area contributed by atoms with E-state index in [4.69, 9.17) is 4.74 Å². The molecule has 0 bridgehead atoms. The number of ether oxygens (including phenoxy) is 1. The van der Waals surface area contributed by atoms with Gasteiger partial charge in [0.2, 0.25) is 17.6 Å². The largest absolute Gasteiger partial charge is 0.497 e. The first-order valence-corrected chi connectivity index (χ1v) is 9.47. The van der Waals surface area contributed by atoms with Crippen molar-refractivity contribution in [1.29, 1.82) is 0 Å². The highest BCUT2D eigenvalue weighted by Gasteiger charge is 2.58. The molecule has 3 aromatic rings. The van der Waals surface area contributed by atoms with Gasteiger partial charge in [-0.1, -0.05) is 60.7 Å². The molecule has 0 aliphatic carbocycles. The first-order chi connectivity index (χ1) is 14.5. The van der Waals surface area contributed by atoms with Gasteiger partial charge in [-0.05, 0) is 23.8 Å². The number of anilines is 1. The maximum Gasteiger partial charge on any atom is 0.267 e. The third-order valence-electron chi connectivity index (χ3n) is 5.32. The Balaban J connectivity index is 1.79. The Labute approximate surface area is 173 Å². The van der Waals surface area contributed by atoms with Crippen molar-refractivity contribution in [2.45, 2.75) is 18.3 Å². The average molecular weight is 405 g/mol. The SMILES string of the molecule is COc1ccc2c(c1)[C@@](O)([C@H](F)C(=O)c1ccccc1)C(=O)N2Cc1ccccc1. The van der Waals surface area contributed by atoms with E-state index in [1.54, 1.807) is 30.3 Å². The van der Waals surface area contributed by atoms with E-state index in [2.05, 4.69) is 0 Å². The molecule has 0 unspecified atom stereocenters. The monoisotopic (exact) mass is 405 g/mol. The van der Waals surface area contributed by atoms with Gasteiger partial charge >= 0.3 is 0 Å². The van der Waals surface area contributed by atoms with Gasteiger partial charge in [0.25, 0.3) is 5.91 Å². The topological polar surface area (TPSA) is 66.8 Å². The molecule has 1 aliphatic rings. The fraction of sp³-hybridized carbons (Fsp3) is 0.167. The molecule has 1 heterocycles. The predicted octanol–water partition coefficient (Wildman–Crippen LogP) is 3.65. The number of carbonyl (C=O) groups is 2. The van der Waals surface area contributed by atoms with Crippen molar-refractivity contribution >= 4 is 17.4 Å². The highest BCUT2D eigenvalue weighted by molar-refractivity contribution is 6.12. The quantitative estimate of drug-likeness (QED) is 0.636. The van der Waals surface area contributed by atoms with Crippen LogP contribution in [0.1, 0.15) is 21.5 Å². The average Bonchev–Trinajstić information content (AvgIpc) is 3.01. The van der Waals surface area contributed by atoms with Gasteiger partial charge in [-0.25, -0.2) is 4.39 Å². The van der Waals surface area contributed by atoms with Gasteiger partial charge in [-0.3, -0.25) is 9.59 Å². The Bertz CT molecular complexity index is 1090. The van der Waals surface area contributed by atoms with Crippen molar-refractivity contribution in [3.63, 3.8) is 0 Å². The Kier molecular flexibility index (Phi) is 5.10. The standard InChI is InChI=1S/C24H20FNO4/c1-30-18-12-13-20-19(14-18)24(29,22(25)21(27)17-10-6-3-7-11-17)23(28)26(20)15-16-8-4-2-5-9-16/h2-14,22,29H,15H2,1H3/t22-,24-/m1/s1. The summed E-state index contributed by atoms with van der Waals surface area (Å²) in [5, 5.41) is 11.3. The summed E-state index contributed by atoms with van der Waals surface area (Å²) >= 11 is 0. The second kappa shape index (κ2) is 7.72. The Morgan fingerprint density at radius 1 is 1.07 bits per heavy atom. The number of hydrogen-bond acceptors (Lipinski definition) is 4. The van der Waals surface area contributed by atoms with Crippen LogP contribution in [0.25, 0.3) is 0 Å². The Morgan fingerprint density at radius 3 is 2.33 bits per heavy atom. The van der Waals surface area contributed by atoms with Crippen LogP contribution >= 0.6 is 0 Å². The van der Waals surface area contributed by atoms with Gasteiger partial charge in [0.15, 0.2) is 0 Å². The zero-order valence-electron chi connectivity index (χ0n) is 16.3. The number of methoxy groups -OCH3 is 1. The molecule has 5 nitrogen and oxygen atoms in total. The van der Waals surface area contributed by atoms with Crippen LogP contribution in [0.3, 0.4) is 0 Å². The zero-order valence-corrected chi connectivity index (χ0v) is 16.3. The van der Waals surface area contributed by atoms with Crippen LogP contribution in [0.4, 0.5) is 10.1 Å². The maximum atomic E-state index is 15.6. The number of amides is 1. The van der Waals surface area contributed by atoms with Crippen LogP contribution in [0.5, 0.6) is 5.75 Å². The third kappa shape index (κ3) is 3.15. The molecule has 4 rings (SSSR count). The van der Waals surface area contributed by atoms with Gasteiger partial charge in [-0.2, -0.15) is 0 Å². The first-order valence-electron chi connectivity index (χ1n) is 9.47. The minimum absolute atomic E-state index is 0.0135. The van der Waals surface area contributed by atoms with E-state index in [9.17, 15) is 14.7 Å². The molecule has 30 heavy (non-hydrogen) atoms. The maximum absolute atomic E-state index is 15.6. The van der Waals surface area contributed by atoms with E-state index >= 15 is 4.39 Å². The lowest BCUT2D eigenvalue weighted by atomic mass is 9.86. The number of halogens is 1. The molecule has 0 radical (unpaired) electrons. The summed E-state index contributed by atoms with van der Waals surface area (Å²) in [7, 11) is 1.43. The van der Waals surface area contributed by atoms with Crippen molar-refractivity contribution in [1.82, 2.24) is 0 Å². The normalized spacial score (nSPS) is 18.8. The fourth-order valence-electron chi connectivity index (χ4n) is 3.72. The lowest BCUT2D eigenvalue weighted by Gasteiger charge is -2.26. The van der Waals surface area contributed by atoms with Crippen LogP contribution in [0.2, 0.25) is 0 Å². The number of Topliss-reactive ketones (excluding diaryl/α,β-unsaturated/α-hetero) is 1. The summed E-state index contributed by atoms with van der Waals surface area (Å²) in [5.41, 5.74) is -1.40. The molecule has 1 aliphatic heterocycles. The Morgan fingerprint density at radius 2 is 1.70 bits per heavy atom. The third-order valence-corrected chi connectivity index (χ3v) is 5.32. The summed E-state index contributed by atoms with van der Waals surface area (Å²) in [6, 6.07) is 21.6. The van der Waals surface area contributed by atoms with Gasteiger partial charge in [0, 0.05) is 11.1 Å². The van der Waals surface area contributed by atoms with E-state index in [1.807, 2.05) is 30.3 Å². The zero-order chi connectivity index (χ0) is 21.3. The number of hydrogen-bond donors (Lipinski definition) is 1. The van der Waals surface area contributed by atoms with Crippen molar-refractivity contribution in [2.75, 3.05) is 12.0 Å². The Hall–Kier alpha value is -3.51. The molecule has 2 atom stereocenters. The molecule has 0 aromatic heterocycles. The number of benzene rings is 3. The van der Waals surface area contributed by atoms with Gasteiger partial charge in [-0.15, -0.1) is 0 Å². The van der Waals surface area contributed by atoms with Crippen LogP contribution < -0.4 is 9.64 Å². The van der Waals surface area contributed by atoms with Gasteiger partial charge in [0.1, 0.15) is 5.75 Å². The molecule has 3 aromatic carbocycles. The van der Waals surface area contributed by atoms with Crippen molar-refractivity contribution in [2.24, 2.45) is 0 Å². The number of ketones is 1. The van der Waals surface area contributed by atoms with Crippen LogP contribution in [0, 0.1) is 0 Å². The molecule has 6 heteroatoms. The predicted molar refractivity (Wildman–Crippen MR) is 110 cm³/mol. The smallest absolute Gasteiger partial charge is 0.267 e. The minimum atomic E-state index is -2.65.